The van der Waals surface area contributed by atoms with Gasteiger partial charge >= 0.3 is 5.97 Å². The van der Waals surface area contributed by atoms with Crippen molar-refractivity contribution in [3.05, 3.63) is 12.2 Å². The summed E-state index contributed by atoms with van der Waals surface area (Å²) in [6, 6.07) is 0. The average molecular weight is 264 g/mol. The fraction of sp³-hybridized carbons (Fsp3) is 0.615. The maximum absolute atomic E-state index is 12.4. The Morgan fingerprint density at radius 2 is 2.16 bits per heavy atom. The highest BCUT2D eigenvalue weighted by Crippen LogP contribution is 2.46. The molecule has 102 valence electrons. The van der Waals surface area contributed by atoms with Gasteiger partial charge in [0.15, 0.2) is 11.8 Å². The number of carbonyl (C=O) groups excluding carboxylic acids is 1. The lowest BCUT2D eigenvalue weighted by Gasteiger charge is -2.41. The van der Waals surface area contributed by atoms with Crippen molar-refractivity contribution in [1.82, 2.24) is 4.90 Å². The number of rotatable bonds is 2. The lowest BCUT2D eigenvalue weighted by Crippen LogP contribution is -2.46. The van der Waals surface area contributed by atoms with Crippen molar-refractivity contribution in [2.24, 2.45) is 16.5 Å². The zero-order chi connectivity index (χ0) is 13.8. The standard InChI is InChI=1S/C13H16N2O4/c1-7-3-13(2,4-7)12(18)15-5-8-9(6-15)19-14-10(8)11(16)17/h8-9H,1,3-6H2,2H3,(H,16,17)/t8-,9+/m1/s1. The number of likely N-dealkylation sites (tertiary alicyclic amines) is 1. The van der Waals surface area contributed by atoms with E-state index in [4.69, 9.17) is 9.94 Å². The van der Waals surface area contributed by atoms with E-state index in [-0.39, 0.29) is 29.1 Å². The third-order valence-corrected chi connectivity index (χ3v) is 4.21. The fourth-order valence-corrected chi connectivity index (χ4v) is 3.28. The van der Waals surface area contributed by atoms with Crippen LogP contribution in [0.15, 0.2) is 17.3 Å². The number of carboxylic acids is 1. The SMILES string of the molecule is C=C1CC(C)(C(=O)N2C[C@@H]3ON=C(C(=O)O)[C@@H]3C2)C1. The predicted octanol–water partition coefficient (Wildman–Crippen LogP) is 0.641. The monoisotopic (exact) mass is 264 g/mol. The molecule has 1 saturated carbocycles. The third kappa shape index (κ3) is 1.74. The number of hydrogen-bond acceptors (Lipinski definition) is 4. The van der Waals surface area contributed by atoms with Crippen molar-refractivity contribution < 1.29 is 19.5 Å². The quantitative estimate of drug-likeness (QED) is 0.742. The zero-order valence-electron chi connectivity index (χ0n) is 10.8. The van der Waals surface area contributed by atoms with Crippen LogP contribution in [0.2, 0.25) is 0 Å². The first kappa shape index (κ1) is 12.2. The first-order chi connectivity index (χ1) is 8.90. The minimum absolute atomic E-state index is 0.0310. The summed E-state index contributed by atoms with van der Waals surface area (Å²) in [6.07, 6.45) is 1.14. The Morgan fingerprint density at radius 3 is 2.74 bits per heavy atom. The topological polar surface area (TPSA) is 79.2 Å². The summed E-state index contributed by atoms with van der Waals surface area (Å²) < 4.78 is 0. The number of oxime groups is 1. The van der Waals surface area contributed by atoms with Crippen LogP contribution in [-0.2, 0) is 14.4 Å². The fourth-order valence-electron chi connectivity index (χ4n) is 3.28. The Bertz CT molecular complexity index is 503. The minimum Gasteiger partial charge on any atom is -0.477 e. The van der Waals surface area contributed by atoms with Crippen molar-refractivity contribution >= 4 is 17.6 Å². The number of hydrogen-bond donors (Lipinski definition) is 1. The number of fused-ring (bicyclic) bond motifs is 1. The van der Waals surface area contributed by atoms with Crippen molar-refractivity contribution in [3.8, 4) is 0 Å². The van der Waals surface area contributed by atoms with Gasteiger partial charge in [0.25, 0.3) is 0 Å². The summed E-state index contributed by atoms with van der Waals surface area (Å²) in [6.45, 7) is 6.61. The Kier molecular flexibility index (Phi) is 2.45. The molecule has 3 rings (SSSR count). The van der Waals surface area contributed by atoms with E-state index < -0.39 is 5.97 Å². The first-order valence-electron chi connectivity index (χ1n) is 6.34. The molecular formula is C13H16N2O4. The van der Waals surface area contributed by atoms with E-state index >= 15 is 0 Å². The number of amides is 1. The van der Waals surface area contributed by atoms with Crippen LogP contribution in [0.25, 0.3) is 0 Å². The first-order valence-corrected chi connectivity index (χ1v) is 6.34. The van der Waals surface area contributed by atoms with Crippen LogP contribution in [0.3, 0.4) is 0 Å². The van der Waals surface area contributed by atoms with Gasteiger partial charge in [0.05, 0.1) is 17.9 Å². The second-order valence-electron chi connectivity index (χ2n) is 5.91. The lowest BCUT2D eigenvalue weighted by molar-refractivity contribution is -0.143. The van der Waals surface area contributed by atoms with Crippen molar-refractivity contribution in [2.45, 2.75) is 25.9 Å². The molecule has 2 aliphatic heterocycles. The van der Waals surface area contributed by atoms with E-state index in [0.717, 1.165) is 18.4 Å². The zero-order valence-corrected chi connectivity index (χ0v) is 10.8. The highest BCUT2D eigenvalue weighted by molar-refractivity contribution is 6.37. The van der Waals surface area contributed by atoms with Gasteiger partial charge in [-0.2, -0.15) is 0 Å². The molecule has 3 aliphatic rings. The number of carbonyl (C=O) groups is 2. The van der Waals surface area contributed by atoms with Gasteiger partial charge in [-0.25, -0.2) is 4.79 Å². The Morgan fingerprint density at radius 1 is 1.47 bits per heavy atom. The van der Waals surface area contributed by atoms with Gasteiger partial charge in [-0.3, -0.25) is 4.79 Å². The summed E-state index contributed by atoms with van der Waals surface area (Å²) in [4.78, 5) is 30.3. The van der Waals surface area contributed by atoms with Crippen LogP contribution in [0.4, 0.5) is 0 Å². The molecule has 0 aromatic rings. The molecule has 2 heterocycles. The number of nitrogens with zero attached hydrogens (tertiary/aromatic N) is 2. The van der Waals surface area contributed by atoms with Crippen LogP contribution < -0.4 is 0 Å². The highest BCUT2D eigenvalue weighted by Gasteiger charge is 2.51. The highest BCUT2D eigenvalue weighted by atomic mass is 16.6. The molecule has 2 fully saturated rings. The molecule has 0 spiro atoms. The Hall–Kier alpha value is -1.85. The van der Waals surface area contributed by atoms with Crippen LogP contribution in [0.5, 0.6) is 0 Å². The molecule has 0 unspecified atom stereocenters. The summed E-state index contributed by atoms with van der Waals surface area (Å²) in [5.41, 5.74) is 0.763. The van der Waals surface area contributed by atoms with Gasteiger partial charge in [0.2, 0.25) is 5.91 Å². The summed E-state index contributed by atoms with van der Waals surface area (Å²) in [7, 11) is 0. The number of aliphatic carboxylic acids is 1. The number of carboxylic acid groups (broad SMARTS) is 1. The van der Waals surface area contributed by atoms with Gasteiger partial charge in [0.1, 0.15) is 0 Å². The average Bonchev–Trinajstić information content (AvgIpc) is 2.84. The molecule has 1 saturated heterocycles. The second-order valence-corrected chi connectivity index (χ2v) is 5.91. The van der Waals surface area contributed by atoms with Gasteiger partial charge in [-0.05, 0) is 12.8 Å². The summed E-state index contributed by atoms with van der Waals surface area (Å²) in [5.74, 6) is -1.29. The van der Waals surface area contributed by atoms with Crippen LogP contribution >= 0.6 is 0 Å². The van der Waals surface area contributed by atoms with Crippen molar-refractivity contribution in [2.75, 3.05) is 13.1 Å². The number of allylic oxidation sites excluding steroid dienone is 1. The van der Waals surface area contributed by atoms with Crippen LogP contribution in [0.1, 0.15) is 19.8 Å². The van der Waals surface area contributed by atoms with Crippen molar-refractivity contribution in [1.29, 1.82) is 0 Å². The molecule has 0 aromatic carbocycles. The molecule has 6 nitrogen and oxygen atoms in total. The van der Waals surface area contributed by atoms with Crippen LogP contribution in [0, 0.1) is 11.3 Å². The molecular weight excluding hydrogens is 248 g/mol. The van der Waals surface area contributed by atoms with Gasteiger partial charge in [-0.1, -0.05) is 24.2 Å². The maximum atomic E-state index is 12.4. The maximum Gasteiger partial charge on any atom is 0.354 e. The molecule has 2 atom stereocenters. The summed E-state index contributed by atoms with van der Waals surface area (Å²) in [5, 5.41) is 12.6. The summed E-state index contributed by atoms with van der Waals surface area (Å²) >= 11 is 0. The van der Waals surface area contributed by atoms with E-state index in [9.17, 15) is 9.59 Å². The Balaban J connectivity index is 1.70. The third-order valence-electron chi connectivity index (χ3n) is 4.21. The van der Waals surface area contributed by atoms with Gasteiger partial charge in [-0.15, -0.1) is 0 Å². The van der Waals surface area contributed by atoms with E-state index in [1.807, 2.05) is 6.92 Å². The predicted molar refractivity (Wildman–Crippen MR) is 66.5 cm³/mol. The van der Waals surface area contributed by atoms with Crippen molar-refractivity contribution in [3.63, 3.8) is 0 Å². The van der Waals surface area contributed by atoms with Gasteiger partial charge in [0, 0.05) is 6.54 Å². The van der Waals surface area contributed by atoms with Gasteiger partial charge < -0.3 is 14.8 Å². The molecule has 0 aromatic heterocycles. The minimum atomic E-state index is -1.06. The molecule has 0 radical (unpaired) electrons. The molecule has 0 bridgehead atoms. The van der Waals surface area contributed by atoms with E-state index in [1.165, 1.54) is 0 Å². The molecule has 19 heavy (non-hydrogen) atoms. The van der Waals surface area contributed by atoms with E-state index in [0.29, 0.717) is 13.1 Å². The normalized spacial score (nSPS) is 31.3. The van der Waals surface area contributed by atoms with Crippen LogP contribution in [-0.4, -0.2) is 46.8 Å². The second kappa shape index (κ2) is 3.82. The molecule has 1 N–H and O–H groups in total. The molecule has 1 amide bonds. The van der Waals surface area contributed by atoms with E-state index in [1.54, 1.807) is 4.90 Å². The largest absolute Gasteiger partial charge is 0.477 e. The molecule has 1 aliphatic carbocycles. The smallest absolute Gasteiger partial charge is 0.354 e. The molecule has 6 heteroatoms. The Labute approximate surface area is 110 Å². The lowest BCUT2D eigenvalue weighted by atomic mass is 9.66. The van der Waals surface area contributed by atoms with E-state index in [2.05, 4.69) is 11.7 Å².